The van der Waals surface area contributed by atoms with E-state index in [4.69, 9.17) is 15.9 Å². The summed E-state index contributed by atoms with van der Waals surface area (Å²) in [7, 11) is 0. The summed E-state index contributed by atoms with van der Waals surface area (Å²) in [6, 6.07) is -0.0572. The normalized spacial score (nSPS) is 19.2. The van der Waals surface area contributed by atoms with E-state index in [-0.39, 0.29) is 24.1 Å². The Labute approximate surface area is 102 Å². The van der Waals surface area contributed by atoms with Crippen LogP contribution in [0.15, 0.2) is 0 Å². The number of nitrogens with zero attached hydrogens (tertiary/aromatic N) is 2. The molecule has 1 rings (SSSR count). The first-order chi connectivity index (χ1) is 7.91. The maximum absolute atomic E-state index is 11.6. The first kappa shape index (κ1) is 13.8. The highest BCUT2D eigenvalue weighted by molar-refractivity contribution is 5.82. The van der Waals surface area contributed by atoms with Gasteiger partial charge in [-0.2, -0.15) is 0 Å². The summed E-state index contributed by atoms with van der Waals surface area (Å²) in [4.78, 5) is 15.4. The van der Waals surface area contributed by atoms with Gasteiger partial charge in [0, 0.05) is 26.2 Å². The zero-order valence-corrected chi connectivity index (χ0v) is 10.8. The minimum absolute atomic E-state index is 0.0572. The van der Waals surface area contributed by atoms with Crippen LogP contribution in [0.3, 0.4) is 0 Å². The quantitative estimate of drug-likeness (QED) is 0.557. The van der Waals surface area contributed by atoms with Gasteiger partial charge in [0.1, 0.15) is 5.84 Å². The fraction of sp³-hybridized carbons (Fsp3) is 0.818. The van der Waals surface area contributed by atoms with Crippen molar-refractivity contribution in [1.82, 2.24) is 9.80 Å². The second kappa shape index (κ2) is 5.86. The molecule has 0 saturated carbocycles. The van der Waals surface area contributed by atoms with Gasteiger partial charge in [-0.25, -0.2) is 4.79 Å². The molecule has 1 aliphatic heterocycles. The Bertz CT molecular complexity index is 285. The molecule has 0 aromatic heterocycles. The van der Waals surface area contributed by atoms with Gasteiger partial charge < -0.3 is 15.4 Å². The maximum Gasteiger partial charge on any atom is 0.410 e. The summed E-state index contributed by atoms with van der Waals surface area (Å²) in [5.74, 6) is 0.170. The van der Waals surface area contributed by atoms with Gasteiger partial charge in [0.2, 0.25) is 0 Å². The molecule has 1 unspecified atom stereocenters. The van der Waals surface area contributed by atoms with Crippen molar-refractivity contribution in [3.8, 4) is 0 Å². The van der Waals surface area contributed by atoms with E-state index in [0.29, 0.717) is 13.1 Å². The Morgan fingerprint density at radius 2 is 1.76 bits per heavy atom. The molecule has 3 N–H and O–H groups in total. The van der Waals surface area contributed by atoms with Crippen LogP contribution in [-0.2, 0) is 4.74 Å². The van der Waals surface area contributed by atoms with E-state index in [0.717, 1.165) is 13.1 Å². The van der Waals surface area contributed by atoms with Crippen molar-refractivity contribution in [2.45, 2.75) is 32.9 Å². The molecule has 0 bridgehead atoms. The molecule has 1 aliphatic rings. The molecule has 0 spiro atoms. The summed E-state index contributed by atoms with van der Waals surface area (Å²) < 4.78 is 5.13. The zero-order chi connectivity index (χ0) is 13.0. The van der Waals surface area contributed by atoms with Crippen molar-refractivity contribution in [3.05, 3.63) is 0 Å². The van der Waals surface area contributed by atoms with Gasteiger partial charge in [-0.1, -0.05) is 0 Å². The van der Waals surface area contributed by atoms with Gasteiger partial charge in [-0.15, -0.1) is 0 Å². The number of amides is 1. The van der Waals surface area contributed by atoms with E-state index in [1.165, 1.54) is 0 Å². The molecule has 6 heteroatoms. The van der Waals surface area contributed by atoms with Gasteiger partial charge in [-0.05, 0) is 20.8 Å². The van der Waals surface area contributed by atoms with E-state index in [9.17, 15) is 4.79 Å². The standard InChI is InChI=1S/C11H22N4O2/c1-8(2)17-11(16)15-6-4-14(5-7-15)9(3)10(12)13/h8-9H,4-7H2,1-3H3,(H3,12,13). The van der Waals surface area contributed by atoms with Crippen LogP contribution in [0.5, 0.6) is 0 Å². The Balaban J connectivity index is 2.40. The molecular weight excluding hydrogens is 220 g/mol. The van der Waals surface area contributed by atoms with Crippen molar-refractivity contribution in [2.24, 2.45) is 5.73 Å². The lowest BCUT2D eigenvalue weighted by Crippen LogP contribution is -2.54. The molecule has 1 fully saturated rings. The Hall–Kier alpha value is -1.30. The summed E-state index contributed by atoms with van der Waals surface area (Å²) in [6.07, 6.45) is -0.341. The highest BCUT2D eigenvalue weighted by Gasteiger charge is 2.26. The smallest absolute Gasteiger partial charge is 0.410 e. The molecule has 17 heavy (non-hydrogen) atoms. The molecule has 1 amide bonds. The molecule has 1 saturated heterocycles. The Kier molecular flexibility index (Phi) is 4.74. The van der Waals surface area contributed by atoms with Crippen molar-refractivity contribution in [1.29, 1.82) is 5.41 Å². The number of hydrogen-bond donors (Lipinski definition) is 2. The number of carbonyl (C=O) groups is 1. The first-order valence-corrected chi connectivity index (χ1v) is 5.95. The maximum atomic E-state index is 11.6. The SMILES string of the molecule is CC(C)OC(=O)N1CCN(C(C)C(=N)N)CC1. The fourth-order valence-corrected chi connectivity index (χ4v) is 1.76. The van der Waals surface area contributed by atoms with Gasteiger partial charge in [-0.3, -0.25) is 10.3 Å². The summed E-state index contributed by atoms with van der Waals surface area (Å²) >= 11 is 0. The van der Waals surface area contributed by atoms with Crippen molar-refractivity contribution in [3.63, 3.8) is 0 Å². The average molecular weight is 242 g/mol. The first-order valence-electron chi connectivity index (χ1n) is 5.95. The third-order valence-corrected chi connectivity index (χ3v) is 2.91. The van der Waals surface area contributed by atoms with Crippen molar-refractivity contribution >= 4 is 11.9 Å². The predicted octanol–water partition coefficient (Wildman–Crippen LogP) is 0.473. The molecule has 0 radical (unpaired) electrons. The van der Waals surface area contributed by atoms with Crippen molar-refractivity contribution in [2.75, 3.05) is 26.2 Å². The van der Waals surface area contributed by atoms with Crippen LogP contribution in [-0.4, -0.2) is 60.1 Å². The lowest BCUT2D eigenvalue weighted by Gasteiger charge is -2.37. The second-order valence-electron chi connectivity index (χ2n) is 4.59. The van der Waals surface area contributed by atoms with Gasteiger partial charge >= 0.3 is 6.09 Å². The molecule has 6 nitrogen and oxygen atoms in total. The third kappa shape index (κ3) is 3.89. The van der Waals surface area contributed by atoms with Crippen LogP contribution >= 0.6 is 0 Å². The second-order valence-corrected chi connectivity index (χ2v) is 4.59. The zero-order valence-electron chi connectivity index (χ0n) is 10.8. The molecular formula is C11H22N4O2. The van der Waals surface area contributed by atoms with E-state index in [1.54, 1.807) is 4.90 Å². The van der Waals surface area contributed by atoms with E-state index < -0.39 is 0 Å². The van der Waals surface area contributed by atoms with E-state index in [2.05, 4.69) is 4.90 Å². The van der Waals surface area contributed by atoms with Crippen LogP contribution in [0.2, 0.25) is 0 Å². The van der Waals surface area contributed by atoms with Crippen molar-refractivity contribution < 1.29 is 9.53 Å². The number of piperazine rings is 1. The van der Waals surface area contributed by atoms with Gasteiger partial charge in [0.15, 0.2) is 0 Å². The minimum atomic E-state index is -0.255. The predicted molar refractivity (Wildman–Crippen MR) is 66.1 cm³/mol. The van der Waals surface area contributed by atoms with E-state index >= 15 is 0 Å². The van der Waals surface area contributed by atoms with Gasteiger partial charge in [0.05, 0.1) is 12.1 Å². The minimum Gasteiger partial charge on any atom is -0.447 e. The topological polar surface area (TPSA) is 82.7 Å². The monoisotopic (exact) mass is 242 g/mol. The molecule has 0 aromatic rings. The number of ether oxygens (including phenoxy) is 1. The highest BCUT2D eigenvalue weighted by Crippen LogP contribution is 2.08. The molecule has 1 heterocycles. The van der Waals surface area contributed by atoms with Gasteiger partial charge in [0.25, 0.3) is 0 Å². The molecule has 0 aromatic carbocycles. The number of hydrogen-bond acceptors (Lipinski definition) is 4. The van der Waals surface area contributed by atoms with Crippen LogP contribution in [0.1, 0.15) is 20.8 Å². The van der Waals surface area contributed by atoms with E-state index in [1.807, 2.05) is 20.8 Å². The lowest BCUT2D eigenvalue weighted by atomic mass is 10.2. The number of amidine groups is 1. The number of rotatable bonds is 3. The third-order valence-electron chi connectivity index (χ3n) is 2.91. The highest BCUT2D eigenvalue weighted by atomic mass is 16.6. The van der Waals surface area contributed by atoms with Crippen LogP contribution in [0.4, 0.5) is 4.79 Å². The largest absolute Gasteiger partial charge is 0.447 e. The molecule has 0 aliphatic carbocycles. The summed E-state index contributed by atoms with van der Waals surface area (Å²) in [5, 5.41) is 7.39. The van der Waals surface area contributed by atoms with Crippen LogP contribution in [0, 0.1) is 5.41 Å². The van der Waals surface area contributed by atoms with Crippen LogP contribution in [0.25, 0.3) is 0 Å². The summed E-state index contributed by atoms with van der Waals surface area (Å²) in [5.41, 5.74) is 5.46. The molecule has 1 atom stereocenters. The number of nitrogens with two attached hydrogens (primary N) is 1. The summed E-state index contributed by atoms with van der Waals surface area (Å²) in [6.45, 7) is 8.30. The van der Waals surface area contributed by atoms with Crippen LogP contribution < -0.4 is 5.73 Å². The molecule has 98 valence electrons. The lowest BCUT2D eigenvalue weighted by molar-refractivity contribution is 0.0548. The average Bonchev–Trinajstić information content (AvgIpc) is 2.27. The number of carbonyl (C=O) groups excluding carboxylic acids is 1. The number of nitrogens with one attached hydrogen (secondary N) is 1. The Morgan fingerprint density at radius 1 is 1.24 bits per heavy atom. The fourth-order valence-electron chi connectivity index (χ4n) is 1.76. The Morgan fingerprint density at radius 3 is 2.18 bits per heavy atom.